The van der Waals surface area contributed by atoms with Crippen molar-refractivity contribution in [3.63, 3.8) is 0 Å². The maximum Gasteiger partial charge on any atom is 0.573 e. The topological polar surface area (TPSA) is 43.4 Å². The lowest BCUT2D eigenvalue weighted by atomic mass is 10.1. The van der Waals surface area contributed by atoms with Crippen LogP contribution in [0.4, 0.5) is 18.9 Å². The second-order valence-corrected chi connectivity index (χ2v) is 8.94. The summed E-state index contributed by atoms with van der Waals surface area (Å²) in [6, 6.07) is 19.4. The number of benzene rings is 3. The van der Waals surface area contributed by atoms with Crippen LogP contribution in [0.3, 0.4) is 0 Å². The van der Waals surface area contributed by atoms with Gasteiger partial charge in [0.05, 0.1) is 26.3 Å². The number of nitrogens with zero attached hydrogens (tertiary/aromatic N) is 2. The van der Waals surface area contributed by atoms with E-state index in [-0.39, 0.29) is 5.75 Å². The highest BCUT2D eigenvalue weighted by Gasteiger charge is 2.31. The molecular weight excluding hydrogens is 493 g/mol. The summed E-state index contributed by atoms with van der Waals surface area (Å²) < 4.78 is 57.1. The minimum atomic E-state index is -4.70. The van der Waals surface area contributed by atoms with Gasteiger partial charge in [0, 0.05) is 43.3 Å². The van der Waals surface area contributed by atoms with Crippen molar-refractivity contribution in [2.24, 2.45) is 0 Å². The lowest BCUT2D eigenvalue weighted by Gasteiger charge is -2.36. The van der Waals surface area contributed by atoms with Gasteiger partial charge in [-0.3, -0.25) is 4.90 Å². The Labute approximate surface area is 212 Å². The van der Waals surface area contributed by atoms with Crippen LogP contribution < -0.4 is 23.3 Å². The molecule has 0 unspecified atom stereocenters. The molecule has 0 saturated carbocycles. The van der Waals surface area contributed by atoms with E-state index in [2.05, 4.69) is 20.6 Å². The van der Waals surface area contributed by atoms with Gasteiger partial charge in [0.2, 0.25) is 0 Å². The molecule has 192 valence electrons. The van der Waals surface area contributed by atoms with Crippen LogP contribution in [0.1, 0.15) is 5.56 Å². The number of anilines is 1. The standard InChI is InChI=1S/C26H27F3N2O4S/c1-32-24-12-3-19(17-25(24)33-2)18-30-13-15-31(16-14-30)20-4-6-22(7-5-20)35-36-23-10-8-21(9-11-23)34-26(27,28)29/h3-12,17H,13-16,18H2,1-2H3. The molecule has 0 aliphatic carbocycles. The number of alkyl halides is 3. The van der Waals surface area contributed by atoms with Gasteiger partial charge in [-0.1, -0.05) is 6.07 Å². The first-order chi connectivity index (χ1) is 17.3. The third kappa shape index (κ3) is 7.14. The lowest BCUT2D eigenvalue weighted by molar-refractivity contribution is -0.274. The van der Waals surface area contributed by atoms with E-state index < -0.39 is 6.36 Å². The van der Waals surface area contributed by atoms with E-state index in [1.54, 1.807) is 14.2 Å². The highest BCUT2D eigenvalue weighted by atomic mass is 32.2. The first kappa shape index (κ1) is 25.8. The molecule has 0 atom stereocenters. The smallest absolute Gasteiger partial charge is 0.493 e. The molecule has 0 radical (unpaired) electrons. The lowest BCUT2D eigenvalue weighted by Crippen LogP contribution is -2.45. The van der Waals surface area contributed by atoms with E-state index in [1.165, 1.54) is 29.8 Å². The molecule has 3 aromatic carbocycles. The maximum atomic E-state index is 12.3. The van der Waals surface area contributed by atoms with Gasteiger partial charge in [-0.2, -0.15) is 0 Å². The van der Waals surface area contributed by atoms with Crippen molar-refractivity contribution < 1.29 is 31.6 Å². The van der Waals surface area contributed by atoms with Crippen molar-refractivity contribution in [2.75, 3.05) is 45.3 Å². The molecule has 1 aliphatic rings. The third-order valence-electron chi connectivity index (χ3n) is 5.72. The van der Waals surface area contributed by atoms with Gasteiger partial charge < -0.3 is 23.3 Å². The maximum absolute atomic E-state index is 12.3. The molecule has 1 aliphatic heterocycles. The van der Waals surface area contributed by atoms with Crippen molar-refractivity contribution in [3.05, 3.63) is 72.3 Å². The second kappa shape index (κ2) is 11.7. The Morgan fingerprint density at radius 2 is 1.42 bits per heavy atom. The summed E-state index contributed by atoms with van der Waals surface area (Å²) in [5.74, 6) is 1.86. The molecule has 1 saturated heterocycles. The van der Waals surface area contributed by atoms with Gasteiger partial charge in [-0.15, -0.1) is 13.2 Å². The predicted molar refractivity (Wildman–Crippen MR) is 133 cm³/mol. The molecule has 0 N–H and O–H groups in total. The molecule has 0 amide bonds. The van der Waals surface area contributed by atoms with Crippen LogP contribution >= 0.6 is 12.0 Å². The number of piperazine rings is 1. The summed E-state index contributed by atoms with van der Waals surface area (Å²) in [6.07, 6.45) is -4.70. The van der Waals surface area contributed by atoms with Gasteiger partial charge in [-0.25, -0.2) is 0 Å². The van der Waals surface area contributed by atoms with E-state index in [9.17, 15) is 13.2 Å². The summed E-state index contributed by atoms with van der Waals surface area (Å²) in [5, 5.41) is 0. The molecule has 0 aromatic heterocycles. The number of hydrogen-bond donors (Lipinski definition) is 0. The zero-order valence-electron chi connectivity index (χ0n) is 20.0. The van der Waals surface area contributed by atoms with Crippen LogP contribution in [0.25, 0.3) is 0 Å². The number of methoxy groups -OCH3 is 2. The van der Waals surface area contributed by atoms with E-state index in [0.717, 1.165) is 62.0 Å². The number of hydrogen-bond acceptors (Lipinski definition) is 7. The fourth-order valence-electron chi connectivity index (χ4n) is 3.91. The molecule has 6 nitrogen and oxygen atoms in total. The van der Waals surface area contributed by atoms with Crippen molar-refractivity contribution in [1.29, 1.82) is 0 Å². The van der Waals surface area contributed by atoms with Crippen LogP contribution in [-0.4, -0.2) is 51.7 Å². The first-order valence-corrected chi connectivity index (χ1v) is 12.1. The second-order valence-electron chi connectivity index (χ2n) is 8.13. The Bertz CT molecular complexity index is 1120. The zero-order chi connectivity index (χ0) is 25.5. The number of ether oxygens (including phenoxy) is 3. The van der Waals surface area contributed by atoms with Gasteiger partial charge in [0.1, 0.15) is 11.5 Å². The average Bonchev–Trinajstić information content (AvgIpc) is 2.88. The number of halogens is 3. The van der Waals surface area contributed by atoms with E-state index in [4.69, 9.17) is 13.7 Å². The van der Waals surface area contributed by atoms with Gasteiger partial charge in [0.15, 0.2) is 11.5 Å². The predicted octanol–water partition coefficient (Wildman–Crippen LogP) is 6.01. The summed E-state index contributed by atoms with van der Waals surface area (Å²) in [7, 11) is 3.27. The molecule has 1 fully saturated rings. The van der Waals surface area contributed by atoms with E-state index in [0.29, 0.717) is 10.6 Å². The van der Waals surface area contributed by atoms with Crippen LogP contribution in [-0.2, 0) is 6.54 Å². The summed E-state index contributed by atoms with van der Waals surface area (Å²) in [5.41, 5.74) is 2.30. The minimum absolute atomic E-state index is 0.264. The van der Waals surface area contributed by atoms with Crippen molar-refractivity contribution >= 4 is 17.7 Å². The van der Waals surface area contributed by atoms with Crippen molar-refractivity contribution in [3.8, 4) is 23.0 Å². The normalized spacial score (nSPS) is 14.4. The Balaban J connectivity index is 1.24. The summed E-state index contributed by atoms with van der Waals surface area (Å²) >= 11 is 1.07. The largest absolute Gasteiger partial charge is 0.573 e. The fourth-order valence-corrected chi connectivity index (χ4v) is 4.46. The molecule has 3 aromatic rings. The molecule has 4 rings (SSSR count). The van der Waals surface area contributed by atoms with E-state index >= 15 is 0 Å². The Morgan fingerprint density at radius 1 is 0.778 bits per heavy atom. The Kier molecular flexibility index (Phi) is 8.37. The minimum Gasteiger partial charge on any atom is -0.493 e. The first-order valence-electron chi connectivity index (χ1n) is 11.3. The summed E-state index contributed by atoms with van der Waals surface area (Å²) in [4.78, 5) is 5.41. The average molecular weight is 521 g/mol. The van der Waals surface area contributed by atoms with Gasteiger partial charge >= 0.3 is 6.36 Å². The molecular formula is C26H27F3N2O4S. The van der Waals surface area contributed by atoms with Crippen LogP contribution in [0.2, 0.25) is 0 Å². The Hall–Kier alpha value is -3.24. The molecule has 0 bridgehead atoms. The van der Waals surface area contributed by atoms with Crippen molar-refractivity contribution in [2.45, 2.75) is 17.8 Å². The Morgan fingerprint density at radius 3 is 2.03 bits per heavy atom. The van der Waals surface area contributed by atoms with Crippen LogP contribution in [0.5, 0.6) is 23.0 Å². The quantitative estimate of drug-likeness (QED) is 0.320. The van der Waals surface area contributed by atoms with Crippen LogP contribution in [0.15, 0.2) is 71.6 Å². The molecule has 1 heterocycles. The van der Waals surface area contributed by atoms with Crippen molar-refractivity contribution in [1.82, 2.24) is 4.90 Å². The van der Waals surface area contributed by atoms with E-state index in [1.807, 2.05) is 36.4 Å². The zero-order valence-corrected chi connectivity index (χ0v) is 20.8. The fraction of sp³-hybridized carbons (Fsp3) is 0.308. The summed E-state index contributed by atoms with van der Waals surface area (Å²) in [6.45, 7) is 4.55. The highest BCUT2D eigenvalue weighted by Crippen LogP contribution is 2.30. The molecule has 10 heteroatoms. The molecule has 36 heavy (non-hydrogen) atoms. The van der Waals surface area contributed by atoms with Gasteiger partial charge in [-0.05, 0) is 66.2 Å². The van der Waals surface area contributed by atoms with Crippen LogP contribution in [0, 0.1) is 0 Å². The highest BCUT2D eigenvalue weighted by molar-refractivity contribution is 7.95. The third-order valence-corrected chi connectivity index (χ3v) is 6.46. The molecule has 0 spiro atoms. The monoisotopic (exact) mass is 520 g/mol. The number of rotatable bonds is 9. The van der Waals surface area contributed by atoms with Gasteiger partial charge in [0.25, 0.3) is 0 Å². The SMILES string of the molecule is COc1ccc(CN2CCN(c3ccc(OSc4ccc(OC(F)(F)F)cc4)cc3)CC2)cc1OC.